The average molecular weight is 871 g/mol. The second kappa shape index (κ2) is 14.6. The van der Waals surface area contributed by atoms with Gasteiger partial charge < -0.3 is 13.7 Å². The minimum absolute atomic E-state index is 0.353. The highest BCUT2D eigenvalue weighted by Gasteiger charge is 2.40. The van der Waals surface area contributed by atoms with Crippen LogP contribution in [0.15, 0.2) is 231 Å². The Morgan fingerprint density at radius 2 is 0.721 bits per heavy atom. The highest BCUT2D eigenvalue weighted by atomic mass is 16.2. The Morgan fingerprint density at radius 1 is 0.265 bits per heavy atom. The van der Waals surface area contributed by atoms with Crippen LogP contribution in [-0.4, -0.2) is 25.5 Å². The van der Waals surface area contributed by atoms with Gasteiger partial charge in [0.25, 0.3) is 11.8 Å². The van der Waals surface area contributed by atoms with E-state index in [9.17, 15) is 0 Å². The lowest BCUT2D eigenvalue weighted by atomic mass is 9.97. The van der Waals surface area contributed by atoms with Gasteiger partial charge in [0.1, 0.15) is 0 Å². The quantitative estimate of drug-likeness (QED) is 0.156. The maximum Gasteiger partial charge on any atom is 0.268 e. The van der Waals surface area contributed by atoms with Gasteiger partial charge in [0, 0.05) is 49.3 Å². The zero-order chi connectivity index (χ0) is 45.0. The fourth-order valence-corrected chi connectivity index (χ4v) is 11.0. The number of para-hydroxylation sites is 4. The molecule has 0 unspecified atom stereocenters. The van der Waals surface area contributed by atoms with Crippen LogP contribution >= 0.6 is 0 Å². The topological polar surface area (TPSA) is 52.2 Å². The molecule has 3 aromatic heterocycles. The summed E-state index contributed by atoms with van der Waals surface area (Å²) < 4.78 is 6.86. The van der Waals surface area contributed by atoms with Crippen LogP contribution in [0.25, 0.3) is 105 Å². The van der Waals surface area contributed by atoms with Crippen LogP contribution in [-0.2, 0) is 0 Å². The van der Waals surface area contributed by atoms with Gasteiger partial charge in [-0.25, -0.2) is 4.90 Å². The number of fused-ring (bicyclic) bond motifs is 10. The van der Waals surface area contributed by atoms with Crippen LogP contribution in [0, 0.1) is 0 Å². The summed E-state index contributed by atoms with van der Waals surface area (Å²) in [6.45, 7) is 0. The van der Waals surface area contributed by atoms with Crippen molar-refractivity contribution >= 4 is 82.9 Å². The molecule has 0 saturated carbocycles. The van der Waals surface area contributed by atoms with E-state index in [4.69, 9.17) is 0 Å². The van der Waals surface area contributed by atoms with Crippen LogP contribution in [0.3, 0.4) is 0 Å². The zero-order valence-electron chi connectivity index (χ0n) is 36.5. The smallest absolute Gasteiger partial charge is 0.268 e. The predicted octanol–water partition coefficient (Wildman–Crippen LogP) is 15.1. The molecule has 1 aliphatic rings. The number of anilines is 1. The van der Waals surface area contributed by atoms with Crippen LogP contribution in [0.4, 0.5) is 5.69 Å². The number of carbonyl (C=O) groups excluding carboxylic acids is 2. The first-order chi connectivity index (χ1) is 33.6. The Balaban J connectivity index is 1.03. The van der Waals surface area contributed by atoms with E-state index >= 15 is 9.59 Å². The fraction of sp³-hybridized carbons (Fsp3) is 0. The molecule has 0 saturated heterocycles. The van der Waals surface area contributed by atoms with Gasteiger partial charge in [-0.2, -0.15) is 0 Å². The first kappa shape index (κ1) is 38.1. The molecule has 0 fully saturated rings. The minimum Gasteiger partial charge on any atom is -0.309 e. The largest absolute Gasteiger partial charge is 0.309 e. The fourth-order valence-electron chi connectivity index (χ4n) is 11.0. The summed E-state index contributed by atoms with van der Waals surface area (Å²) in [7, 11) is 0. The standard InChI is InChI=1S/C62H38N4O2/c67-61-50-24-15-29-57(60(50)62(68)66(61)56-35-30-41(39-16-3-1-4-17-39)36-51(56)40-18-5-2-6-19-40)65-58-37-42(63-52-25-11-7-20-44(52)45-21-8-12-26-53(45)63)31-33-48(58)49-34-32-43(38-59(49)65)64-54-27-13-9-22-46(54)47-23-10-14-28-55(47)64/h1-38H. The van der Waals surface area contributed by atoms with Gasteiger partial charge in [0.15, 0.2) is 0 Å². The van der Waals surface area contributed by atoms with Gasteiger partial charge in [-0.05, 0) is 89.5 Å². The van der Waals surface area contributed by atoms with Gasteiger partial charge in [0.05, 0.1) is 55.6 Å². The average Bonchev–Trinajstić information content (AvgIpc) is 4.10. The Labute approximate surface area is 390 Å². The molecule has 0 atom stereocenters. The van der Waals surface area contributed by atoms with E-state index in [1.165, 1.54) is 26.4 Å². The molecule has 6 nitrogen and oxygen atoms in total. The van der Waals surface area contributed by atoms with Gasteiger partial charge in [-0.1, -0.05) is 158 Å². The van der Waals surface area contributed by atoms with Crippen molar-refractivity contribution in [3.63, 3.8) is 0 Å². The Kier molecular flexibility index (Phi) is 8.18. The van der Waals surface area contributed by atoms with E-state index in [-0.39, 0.29) is 11.8 Å². The van der Waals surface area contributed by atoms with Crippen molar-refractivity contribution in [2.75, 3.05) is 4.90 Å². The van der Waals surface area contributed by atoms with E-state index < -0.39 is 0 Å². The molecule has 0 bridgehead atoms. The van der Waals surface area contributed by atoms with Crippen molar-refractivity contribution in [3.8, 4) is 39.3 Å². The second-order valence-electron chi connectivity index (χ2n) is 17.6. The number of aromatic nitrogens is 3. The third-order valence-electron chi connectivity index (χ3n) is 14.0. The number of rotatable bonds is 6. The number of benzene rings is 10. The molecule has 14 rings (SSSR count). The van der Waals surface area contributed by atoms with Crippen molar-refractivity contribution in [2.24, 2.45) is 0 Å². The molecule has 0 radical (unpaired) electrons. The van der Waals surface area contributed by atoms with Crippen molar-refractivity contribution in [3.05, 3.63) is 242 Å². The lowest BCUT2D eigenvalue weighted by Crippen LogP contribution is -2.30. The summed E-state index contributed by atoms with van der Waals surface area (Å²) in [5.41, 5.74) is 13.9. The summed E-state index contributed by atoms with van der Waals surface area (Å²) in [4.78, 5) is 31.9. The van der Waals surface area contributed by atoms with E-state index in [0.29, 0.717) is 22.5 Å². The molecule has 0 spiro atoms. The van der Waals surface area contributed by atoms with Crippen LogP contribution in [0.1, 0.15) is 20.7 Å². The van der Waals surface area contributed by atoms with E-state index in [1.54, 1.807) is 6.07 Å². The summed E-state index contributed by atoms with van der Waals surface area (Å²) in [5, 5.41) is 6.78. The Morgan fingerprint density at radius 3 is 1.24 bits per heavy atom. The minimum atomic E-state index is -0.364. The highest BCUT2D eigenvalue weighted by Crippen LogP contribution is 2.44. The third-order valence-corrected chi connectivity index (χ3v) is 14.0. The monoisotopic (exact) mass is 870 g/mol. The summed E-state index contributed by atoms with van der Waals surface area (Å²) in [6, 6.07) is 79.3. The number of nitrogens with zero attached hydrogens (tertiary/aromatic N) is 4. The SMILES string of the molecule is O=C1c2cccc(-n3c4cc(-n5c6ccccc6c6ccccc65)ccc4c4ccc(-n5c6ccccc6c6ccccc65)cc43)c2C(=O)N1c1ccc(-c2ccccc2)cc1-c1ccccc1. The number of amides is 2. The molecule has 318 valence electrons. The molecule has 13 aromatic rings. The first-order valence-corrected chi connectivity index (χ1v) is 22.9. The highest BCUT2D eigenvalue weighted by molar-refractivity contribution is 6.36. The van der Waals surface area contributed by atoms with E-state index in [2.05, 4.69) is 165 Å². The van der Waals surface area contributed by atoms with Gasteiger partial charge in [-0.15, -0.1) is 0 Å². The second-order valence-corrected chi connectivity index (χ2v) is 17.6. The zero-order valence-corrected chi connectivity index (χ0v) is 36.5. The Hall–Kier alpha value is -9.26. The number of imide groups is 1. The van der Waals surface area contributed by atoms with E-state index in [1.807, 2.05) is 72.8 Å². The maximum atomic E-state index is 15.5. The molecule has 10 aromatic carbocycles. The summed E-state index contributed by atoms with van der Waals surface area (Å²) in [6.07, 6.45) is 0. The van der Waals surface area contributed by atoms with Crippen molar-refractivity contribution in [1.29, 1.82) is 0 Å². The normalized spacial score (nSPS) is 12.7. The van der Waals surface area contributed by atoms with Crippen LogP contribution in [0.5, 0.6) is 0 Å². The number of hydrogen-bond acceptors (Lipinski definition) is 2. The van der Waals surface area contributed by atoms with Gasteiger partial charge in [0.2, 0.25) is 0 Å². The maximum absolute atomic E-state index is 15.5. The molecule has 4 heterocycles. The molecular formula is C62H38N4O2. The molecular weight excluding hydrogens is 833 g/mol. The van der Waals surface area contributed by atoms with Crippen LogP contribution in [0.2, 0.25) is 0 Å². The van der Waals surface area contributed by atoms with Crippen molar-refractivity contribution < 1.29 is 9.59 Å². The number of hydrogen-bond donors (Lipinski definition) is 0. The third kappa shape index (κ3) is 5.46. The molecule has 1 aliphatic heterocycles. The predicted molar refractivity (Wildman–Crippen MR) is 278 cm³/mol. The number of carbonyl (C=O) groups is 2. The van der Waals surface area contributed by atoms with Gasteiger partial charge in [-0.3, -0.25) is 9.59 Å². The van der Waals surface area contributed by atoms with Crippen LogP contribution < -0.4 is 4.90 Å². The molecule has 0 aliphatic carbocycles. The molecule has 2 amide bonds. The lowest BCUT2D eigenvalue weighted by Gasteiger charge is -2.20. The van der Waals surface area contributed by atoms with E-state index in [0.717, 1.165) is 77.5 Å². The summed E-state index contributed by atoms with van der Waals surface area (Å²) >= 11 is 0. The van der Waals surface area contributed by atoms with Crippen molar-refractivity contribution in [2.45, 2.75) is 0 Å². The lowest BCUT2D eigenvalue weighted by molar-refractivity contribution is 0.0926. The molecule has 6 heteroatoms. The van der Waals surface area contributed by atoms with Gasteiger partial charge >= 0.3 is 0 Å². The summed E-state index contributed by atoms with van der Waals surface area (Å²) in [5.74, 6) is -0.716. The van der Waals surface area contributed by atoms with Crippen molar-refractivity contribution in [1.82, 2.24) is 13.7 Å². The molecule has 68 heavy (non-hydrogen) atoms. The first-order valence-electron chi connectivity index (χ1n) is 22.9. The molecule has 0 N–H and O–H groups in total. The Bertz CT molecular complexity index is 3970.